The quantitative estimate of drug-likeness (QED) is 0.269. The first kappa shape index (κ1) is 8.49. The molecule has 4 nitrogen and oxygen atoms in total. The molecule has 4 N–H and O–H groups in total. The van der Waals surface area contributed by atoms with Crippen LogP contribution >= 0.6 is 0 Å². The Morgan fingerprint density at radius 1 is 1.73 bits per heavy atom. The smallest absolute Gasteiger partial charge is 0.238 e. The minimum absolute atomic E-state index is 0.0498. The highest BCUT2D eigenvalue weighted by molar-refractivity contribution is 5.78. The topological polar surface area (TPSA) is 67.2 Å². The second kappa shape index (κ2) is 3.69. The maximum atomic E-state index is 11.1. The number of hydrogen-bond donors (Lipinski definition) is 3. The molecule has 2 unspecified atom stereocenters. The molecule has 1 fully saturated rings. The van der Waals surface area contributed by atoms with Crippen molar-refractivity contribution in [2.45, 2.75) is 25.8 Å². The van der Waals surface area contributed by atoms with Crippen LogP contribution in [0.1, 0.15) is 19.8 Å². The van der Waals surface area contributed by atoms with Crippen LogP contribution < -0.4 is 16.6 Å². The average Bonchev–Trinajstić information content (AvgIpc) is 2.04. The molecule has 1 heterocycles. The van der Waals surface area contributed by atoms with Crippen molar-refractivity contribution in [1.82, 2.24) is 10.7 Å². The Morgan fingerprint density at radius 3 is 3.00 bits per heavy atom. The molecule has 0 aliphatic carbocycles. The van der Waals surface area contributed by atoms with Crippen molar-refractivity contribution in [3.8, 4) is 0 Å². The summed E-state index contributed by atoms with van der Waals surface area (Å²) < 4.78 is 0. The fourth-order valence-corrected chi connectivity index (χ4v) is 1.51. The Labute approximate surface area is 66.5 Å². The molecule has 11 heavy (non-hydrogen) atoms. The van der Waals surface area contributed by atoms with Crippen LogP contribution in [-0.2, 0) is 4.79 Å². The van der Waals surface area contributed by atoms with Crippen LogP contribution in [0.2, 0.25) is 0 Å². The number of carbonyl (C=O) groups excluding carboxylic acids is 1. The molecule has 1 aliphatic rings. The van der Waals surface area contributed by atoms with E-state index in [0.29, 0.717) is 0 Å². The first-order valence-corrected chi connectivity index (χ1v) is 3.99. The van der Waals surface area contributed by atoms with Gasteiger partial charge in [0.1, 0.15) is 0 Å². The van der Waals surface area contributed by atoms with E-state index in [1.165, 1.54) is 0 Å². The molecule has 0 saturated carbocycles. The first-order valence-electron chi connectivity index (χ1n) is 3.99. The number of nitrogens with one attached hydrogen (secondary N) is 2. The molecule has 0 aromatic carbocycles. The maximum Gasteiger partial charge on any atom is 0.238 e. The van der Waals surface area contributed by atoms with Gasteiger partial charge in [-0.3, -0.25) is 10.2 Å². The van der Waals surface area contributed by atoms with Crippen LogP contribution in [0.25, 0.3) is 0 Å². The van der Waals surface area contributed by atoms with E-state index < -0.39 is 0 Å². The van der Waals surface area contributed by atoms with Gasteiger partial charge in [-0.2, -0.15) is 0 Å². The largest absolute Gasteiger partial charge is 0.313 e. The summed E-state index contributed by atoms with van der Waals surface area (Å²) >= 11 is 0. The van der Waals surface area contributed by atoms with Gasteiger partial charge in [0.25, 0.3) is 0 Å². The molecule has 1 amide bonds. The monoisotopic (exact) mass is 157 g/mol. The summed E-state index contributed by atoms with van der Waals surface area (Å²) in [5.74, 6) is 5.04. The predicted molar refractivity (Wildman–Crippen MR) is 42.5 cm³/mol. The first-order chi connectivity index (χ1) is 5.25. The Hall–Kier alpha value is -0.610. The number of carbonyl (C=O) groups is 1. The molecule has 0 bridgehead atoms. The van der Waals surface area contributed by atoms with Gasteiger partial charge in [0.05, 0.1) is 5.92 Å². The second-order valence-corrected chi connectivity index (χ2v) is 3.00. The fraction of sp³-hybridized carbons (Fsp3) is 0.857. The van der Waals surface area contributed by atoms with E-state index in [2.05, 4.69) is 10.7 Å². The highest BCUT2D eigenvalue weighted by Crippen LogP contribution is 2.15. The van der Waals surface area contributed by atoms with Crippen molar-refractivity contribution < 1.29 is 4.79 Å². The standard InChI is InChI=1S/C7H15N3O/c1-5-6(7(11)10-8)3-2-4-9-5/h5-6,9H,2-4,8H2,1H3,(H,10,11). The molecule has 0 radical (unpaired) electrons. The van der Waals surface area contributed by atoms with E-state index >= 15 is 0 Å². The highest BCUT2D eigenvalue weighted by Gasteiger charge is 2.26. The van der Waals surface area contributed by atoms with Gasteiger partial charge in [-0.1, -0.05) is 0 Å². The molecule has 0 aromatic rings. The Balaban J connectivity index is 2.47. The van der Waals surface area contributed by atoms with Crippen LogP contribution in [0.15, 0.2) is 0 Å². The molecule has 2 atom stereocenters. The van der Waals surface area contributed by atoms with E-state index in [1.54, 1.807) is 0 Å². The average molecular weight is 157 g/mol. The summed E-state index contributed by atoms with van der Waals surface area (Å²) in [5, 5.41) is 3.23. The van der Waals surface area contributed by atoms with Crippen LogP contribution in [0.4, 0.5) is 0 Å². The zero-order valence-corrected chi connectivity index (χ0v) is 6.76. The second-order valence-electron chi connectivity index (χ2n) is 3.00. The predicted octanol–water partition coefficient (Wildman–Crippen LogP) is -0.636. The van der Waals surface area contributed by atoms with E-state index in [9.17, 15) is 4.79 Å². The molecular weight excluding hydrogens is 142 g/mol. The number of rotatable bonds is 1. The van der Waals surface area contributed by atoms with Crippen LogP contribution in [0, 0.1) is 5.92 Å². The lowest BCUT2D eigenvalue weighted by atomic mass is 9.91. The van der Waals surface area contributed by atoms with Crippen LogP contribution in [-0.4, -0.2) is 18.5 Å². The Morgan fingerprint density at radius 2 is 2.45 bits per heavy atom. The van der Waals surface area contributed by atoms with Crippen molar-refractivity contribution >= 4 is 5.91 Å². The number of nitrogens with two attached hydrogens (primary N) is 1. The van der Waals surface area contributed by atoms with Crippen LogP contribution in [0.5, 0.6) is 0 Å². The Bertz CT molecular complexity index is 149. The zero-order chi connectivity index (χ0) is 8.27. The van der Waals surface area contributed by atoms with E-state index in [4.69, 9.17) is 5.84 Å². The third kappa shape index (κ3) is 1.91. The normalized spacial score (nSPS) is 31.5. The summed E-state index contributed by atoms with van der Waals surface area (Å²) in [7, 11) is 0. The third-order valence-electron chi connectivity index (χ3n) is 2.24. The molecule has 0 spiro atoms. The molecule has 1 aliphatic heterocycles. The van der Waals surface area contributed by atoms with E-state index in [-0.39, 0.29) is 17.9 Å². The van der Waals surface area contributed by atoms with Crippen molar-refractivity contribution in [2.75, 3.05) is 6.54 Å². The molecule has 0 aromatic heterocycles. The lowest BCUT2D eigenvalue weighted by molar-refractivity contribution is -0.126. The Kier molecular flexibility index (Phi) is 2.84. The van der Waals surface area contributed by atoms with Gasteiger partial charge in [-0.15, -0.1) is 0 Å². The molecule has 1 saturated heterocycles. The van der Waals surface area contributed by atoms with Gasteiger partial charge < -0.3 is 5.32 Å². The van der Waals surface area contributed by atoms with E-state index in [0.717, 1.165) is 19.4 Å². The van der Waals surface area contributed by atoms with Gasteiger partial charge in [0.2, 0.25) is 5.91 Å². The van der Waals surface area contributed by atoms with Crippen molar-refractivity contribution in [3.05, 3.63) is 0 Å². The lowest BCUT2D eigenvalue weighted by Crippen LogP contribution is -2.48. The summed E-state index contributed by atoms with van der Waals surface area (Å²) in [6.07, 6.45) is 2.00. The van der Waals surface area contributed by atoms with Crippen molar-refractivity contribution in [1.29, 1.82) is 0 Å². The maximum absolute atomic E-state index is 11.1. The summed E-state index contributed by atoms with van der Waals surface area (Å²) in [5.41, 5.74) is 2.19. The van der Waals surface area contributed by atoms with Crippen LogP contribution in [0.3, 0.4) is 0 Å². The minimum atomic E-state index is -0.0512. The van der Waals surface area contributed by atoms with Gasteiger partial charge in [0.15, 0.2) is 0 Å². The molecule has 64 valence electrons. The number of hydrogen-bond acceptors (Lipinski definition) is 3. The highest BCUT2D eigenvalue weighted by atomic mass is 16.2. The molecule has 1 rings (SSSR count). The number of amides is 1. The number of piperidine rings is 1. The molecular formula is C7H15N3O. The SMILES string of the molecule is CC1NCCCC1C(=O)NN. The fourth-order valence-electron chi connectivity index (χ4n) is 1.51. The summed E-state index contributed by atoms with van der Waals surface area (Å²) in [4.78, 5) is 11.1. The van der Waals surface area contributed by atoms with Gasteiger partial charge in [-0.05, 0) is 26.3 Å². The summed E-state index contributed by atoms with van der Waals surface area (Å²) in [6, 6.07) is 0.257. The van der Waals surface area contributed by atoms with Crippen molar-refractivity contribution in [3.63, 3.8) is 0 Å². The zero-order valence-electron chi connectivity index (χ0n) is 6.76. The molecule has 4 heteroatoms. The minimum Gasteiger partial charge on any atom is -0.313 e. The van der Waals surface area contributed by atoms with E-state index in [1.807, 2.05) is 6.92 Å². The van der Waals surface area contributed by atoms with Gasteiger partial charge in [-0.25, -0.2) is 5.84 Å². The van der Waals surface area contributed by atoms with Crippen molar-refractivity contribution in [2.24, 2.45) is 11.8 Å². The number of hydrazine groups is 1. The third-order valence-corrected chi connectivity index (χ3v) is 2.24. The van der Waals surface area contributed by atoms with Gasteiger partial charge >= 0.3 is 0 Å². The summed E-state index contributed by atoms with van der Waals surface area (Å²) in [6.45, 7) is 3.02. The van der Waals surface area contributed by atoms with Gasteiger partial charge in [0, 0.05) is 6.04 Å². The lowest BCUT2D eigenvalue weighted by Gasteiger charge is -2.28.